The van der Waals surface area contributed by atoms with Crippen LogP contribution in [-0.4, -0.2) is 63.1 Å². The lowest BCUT2D eigenvalue weighted by atomic mass is 9.96. The second-order valence-electron chi connectivity index (χ2n) is 9.81. The summed E-state index contributed by atoms with van der Waals surface area (Å²) in [6, 6.07) is 9.71. The van der Waals surface area contributed by atoms with Gasteiger partial charge in [0.05, 0.1) is 34.4 Å². The van der Waals surface area contributed by atoms with Crippen molar-refractivity contribution in [2.24, 2.45) is 0 Å². The van der Waals surface area contributed by atoms with Crippen LogP contribution in [0.1, 0.15) is 55.3 Å². The lowest BCUT2D eigenvalue weighted by Crippen LogP contribution is -2.38. The zero-order valence-corrected chi connectivity index (χ0v) is 23.9. The number of anilines is 1. The predicted molar refractivity (Wildman–Crippen MR) is 150 cm³/mol. The molecule has 204 valence electrons. The first kappa shape index (κ1) is 27.3. The largest absolute Gasteiger partial charge is 0.494 e. The average molecular weight is 578 g/mol. The number of methoxy groups -OCH3 is 1. The van der Waals surface area contributed by atoms with Crippen LogP contribution in [0.5, 0.6) is 5.75 Å². The van der Waals surface area contributed by atoms with E-state index in [4.69, 9.17) is 26.1 Å². The number of sulfonamides is 1. The van der Waals surface area contributed by atoms with Gasteiger partial charge in [-0.2, -0.15) is 4.31 Å². The number of nitrogens with zero attached hydrogens (tertiary/aromatic N) is 3. The Labute approximate surface area is 232 Å². The van der Waals surface area contributed by atoms with E-state index in [2.05, 4.69) is 0 Å². The summed E-state index contributed by atoms with van der Waals surface area (Å²) in [6.07, 6.45) is 6.67. The maximum atomic E-state index is 13.8. The number of fused-ring (bicyclic) bond motifs is 1. The quantitative estimate of drug-likeness (QED) is 0.339. The van der Waals surface area contributed by atoms with Crippen LogP contribution in [0.25, 0.3) is 10.2 Å². The van der Waals surface area contributed by atoms with Gasteiger partial charge in [0.1, 0.15) is 11.3 Å². The Kier molecular flexibility index (Phi) is 8.25. The zero-order chi connectivity index (χ0) is 26.9. The molecule has 1 unspecified atom stereocenters. The Morgan fingerprint density at radius 1 is 1.11 bits per heavy atom. The van der Waals surface area contributed by atoms with Crippen LogP contribution in [0.3, 0.4) is 0 Å². The van der Waals surface area contributed by atoms with Crippen molar-refractivity contribution in [3.05, 3.63) is 47.0 Å². The lowest BCUT2D eigenvalue weighted by Gasteiger charge is -2.30. The van der Waals surface area contributed by atoms with Crippen LogP contribution in [0, 0.1) is 0 Å². The molecule has 38 heavy (non-hydrogen) atoms. The first-order valence-corrected chi connectivity index (χ1v) is 15.6. The number of thiazole rings is 1. The van der Waals surface area contributed by atoms with Crippen LogP contribution < -0.4 is 9.64 Å². The maximum absolute atomic E-state index is 13.8. The van der Waals surface area contributed by atoms with Gasteiger partial charge < -0.3 is 9.47 Å². The van der Waals surface area contributed by atoms with Crippen molar-refractivity contribution >= 4 is 54.2 Å². The molecule has 8 nitrogen and oxygen atoms in total. The number of hydrogen-bond donors (Lipinski definition) is 0. The van der Waals surface area contributed by atoms with E-state index in [-0.39, 0.29) is 22.9 Å². The summed E-state index contributed by atoms with van der Waals surface area (Å²) in [5, 5.41) is 1.02. The Morgan fingerprint density at radius 3 is 2.50 bits per heavy atom. The number of ether oxygens (including phenoxy) is 2. The SMILES string of the molecule is COc1ccc(Cl)c2sc(N(CC3CCCO3)C(=O)c3ccc(S(=O)(=O)N(C)C4CCCCC4)cc3)nc12. The van der Waals surface area contributed by atoms with Gasteiger partial charge >= 0.3 is 0 Å². The molecule has 0 bridgehead atoms. The van der Waals surface area contributed by atoms with Crippen molar-refractivity contribution in [2.45, 2.75) is 62.0 Å². The molecule has 1 saturated carbocycles. The van der Waals surface area contributed by atoms with Gasteiger partial charge in [0.25, 0.3) is 5.91 Å². The Hall–Kier alpha value is -2.24. The van der Waals surface area contributed by atoms with Crippen molar-refractivity contribution in [1.29, 1.82) is 0 Å². The number of carbonyl (C=O) groups excluding carboxylic acids is 1. The number of benzene rings is 2. The molecule has 1 aromatic heterocycles. The summed E-state index contributed by atoms with van der Waals surface area (Å²) < 4.78 is 40.1. The number of aromatic nitrogens is 1. The highest BCUT2D eigenvalue weighted by Crippen LogP contribution is 2.39. The van der Waals surface area contributed by atoms with Gasteiger partial charge in [0.2, 0.25) is 10.0 Å². The standard InChI is InChI=1S/C27H32ClN3O5S2/c1-30(19-7-4-3-5-8-19)38(33,34)21-12-10-18(11-13-21)26(32)31(17-20-9-6-16-36-20)27-29-24-23(35-2)15-14-22(28)25(24)37-27/h10-15,19-20H,3-9,16-17H2,1-2H3. The highest BCUT2D eigenvalue weighted by atomic mass is 35.5. The van der Waals surface area contributed by atoms with E-state index in [1.807, 2.05) is 0 Å². The minimum atomic E-state index is -3.65. The molecule has 11 heteroatoms. The first-order valence-electron chi connectivity index (χ1n) is 12.9. The normalized spacial score (nSPS) is 18.8. The smallest absolute Gasteiger partial charge is 0.260 e. The number of amides is 1. The molecule has 2 fully saturated rings. The molecule has 0 N–H and O–H groups in total. The average Bonchev–Trinajstić information content (AvgIpc) is 3.62. The molecule has 2 aromatic carbocycles. The van der Waals surface area contributed by atoms with Gasteiger partial charge in [-0.15, -0.1) is 0 Å². The van der Waals surface area contributed by atoms with Crippen molar-refractivity contribution in [3.63, 3.8) is 0 Å². The third-order valence-corrected chi connectivity index (χ3v) is 10.9. The highest BCUT2D eigenvalue weighted by molar-refractivity contribution is 7.89. The summed E-state index contributed by atoms with van der Waals surface area (Å²) in [5.74, 6) is 0.298. The number of halogens is 1. The number of hydrogen-bond acceptors (Lipinski definition) is 7. The van der Waals surface area contributed by atoms with Crippen LogP contribution in [0.15, 0.2) is 41.3 Å². The first-order chi connectivity index (χ1) is 18.3. The minimum absolute atomic E-state index is 0.0137. The van der Waals surface area contributed by atoms with Gasteiger partial charge in [-0.05, 0) is 62.1 Å². The van der Waals surface area contributed by atoms with Crippen LogP contribution >= 0.6 is 22.9 Å². The van der Waals surface area contributed by atoms with Crippen molar-refractivity contribution in [1.82, 2.24) is 9.29 Å². The van der Waals surface area contributed by atoms with E-state index < -0.39 is 10.0 Å². The van der Waals surface area contributed by atoms with Crippen molar-refractivity contribution in [2.75, 3.05) is 32.2 Å². The minimum Gasteiger partial charge on any atom is -0.494 e. The molecular formula is C27H32ClN3O5S2. The van der Waals surface area contributed by atoms with Crippen LogP contribution in [0.2, 0.25) is 5.02 Å². The third kappa shape index (κ3) is 5.42. The van der Waals surface area contributed by atoms with E-state index in [1.54, 1.807) is 43.3 Å². The molecule has 2 aliphatic rings. The molecule has 1 amide bonds. The molecule has 3 aromatic rings. The molecule has 1 aliphatic carbocycles. The second-order valence-corrected chi connectivity index (χ2v) is 13.2. The Bertz CT molecular complexity index is 1400. The van der Waals surface area contributed by atoms with Crippen molar-refractivity contribution < 1.29 is 22.7 Å². The molecule has 0 spiro atoms. The van der Waals surface area contributed by atoms with E-state index in [0.717, 1.165) is 49.6 Å². The van der Waals surface area contributed by atoms with Crippen LogP contribution in [0.4, 0.5) is 5.13 Å². The summed E-state index contributed by atoms with van der Waals surface area (Å²) >= 11 is 7.76. The molecule has 0 radical (unpaired) electrons. The molecule has 2 heterocycles. The zero-order valence-electron chi connectivity index (χ0n) is 21.6. The topological polar surface area (TPSA) is 89.0 Å². The molecule has 5 rings (SSSR count). The number of rotatable bonds is 8. The lowest BCUT2D eigenvalue weighted by molar-refractivity contribution is 0.0917. The van der Waals surface area contributed by atoms with Gasteiger partial charge in [-0.25, -0.2) is 13.4 Å². The van der Waals surface area contributed by atoms with Crippen molar-refractivity contribution in [3.8, 4) is 5.75 Å². The fourth-order valence-corrected chi connectivity index (χ4v) is 7.87. The fourth-order valence-electron chi connectivity index (χ4n) is 5.19. The molecule has 1 aliphatic heterocycles. The monoisotopic (exact) mass is 577 g/mol. The van der Waals surface area contributed by atoms with E-state index in [9.17, 15) is 13.2 Å². The Balaban J connectivity index is 1.44. The van der Waals surface area contributed by atoms with Gasteiger partial charge in [0, 0.05) is 25.3 Å². The number of carbonyl (C=O) groups is 1. The Morgan fingerprint density at radius 2 is 1.84 bits per heavy atom. The summed E-state index contributed by atoms with van der Waals surface area (Å²) in [4.78, 5) is 20.3. The van der Waals surface area contributed by atoms with Gasteiger partial charge in [0.15, 0.2) is 5.13 Å². The molecule has 1 atom stereocenters. The van der Waals surface area contributed by atoms with E-state index in [0.29, 0.717) is 40.1 Å². The highest BCUT2D eigenvalue weighted by Gasteiger charge is 2.31. The predicted octanol–water partition coefficient (Wildman–Crippen LogP) is 5.74. The fraction of sp³-hybridized carbons (Fsp3) is 0.481. The van der Waals surface area contributed by atoms with Gasteiger partial charge in [-0.3, -0.25) is 9.69 Å². The summed E-state index contributed by atoms with van der Waals surface area (Å²) in [7, 11) is -0.432. The summed E-state index contributed by atoms with van der Waals surface area (Å²) in [5.41, 5.74) is 0.969. The molecular weight excluding hydrogens is 546 g/mol. The second kappa shape index (κ2) is 11.5. The maximum Gasteiger partial charge on any atom is 0.260 e. The van der Waals surface area contributed by atoms with Crippen LogP contribution in [-0.2, 0) is 14.8 Å². The van der Waals surface area contributed by atoms with E-state index >= 15 is 0 Å². The summed E-state index contributed by atoms with van der Waals surface area (Å²) in [6.45, 7) is 0.996. The molecule has 1 saturated heterocycles. The van der Waals surface area contributed by atoms with Gasteiger partial charge in [-0.1, -0.05) is 42.2 Å². The third-order valence-electron chi connectivity index (χ3n) is 7.42. The van der Waals surface area contributed by atoms with E-state index in [1.165, 1.54) is 27.8 Å².